The van der Waals surface area contributed by atoms with Crippen LogP contribution in [0.25, 0.3) is 10.9 Å². The monoisotopic (exact) mass is 373 g/mol. The van der Waals surface area contributed by atoms with Gasteiger partial charge in [-0.1, -0.05) is 32.0 Å². The van der Waals surface area contributed by atoms with E-state index in [1.54, 1.807) is 6.07 Å². The molecule has 1 heterocycles. The average Bonchev–Trinajstić information content (AvgIpc) is 2.95. The van der Waals surface area contributed by atoms with Crippen molar-refractivity contribution in [2.24, 2.45) is 5.73 Å². The number of para-hydroxylation sites is 1. The van der Waals surface area contributed by atoms with Crippen molar-refractivity contribution in [3.05, 3.63) is 36.0 Å². The van der Waals surface area contributed by atoms with Gasteiger partial charge in [0, 0.05) is 24.0 Å². The van der Waals surface area contributed by atoms with E-state index in [0.717, 1.165) is 24.0 Å². The van der Waals surface area contributed by atoms with E-state index in [2.05, 4.69) is 23.7 Å². The average molecular weight is 374 g/mol. The Kier molecular flexibility index (Phi) is 9.43. The van der Waals surface area contributed by atoms with Crippen molar-refractivity contribution in [1.82, 2.24) is 14.8 Å². The minimum absolute atomic E-state index is 0. The molecule has 0 radical (unpaired) electrons. The fourth-order valence-corrected chi connectivity index (χ4v) is 2.45. The molecular weight excluding hydrogens is 349 g/mol. The molecule has 1 aromatic heterocycles. The third kappa shape index (κ3) is 5.12. The highest BCUT2D eigenvalue weighted by Crippen LogP contribution is 2.16. The number of H-pyrrole nitrogens is 1. The number of aromatic amines is 1. The molecular formula is C16H25Cl2N5O. The summed E-state index contributed by atoms with van der Waals surface area (Å²) < 4.78 is 0. The molecule has 134 valence electrons. The molecule has 1 aromatic carbocycles. The normalized spacial score (nSPS) is 10.1. The predicted octanol–water partition coefficient (Wildman–Crippen LogP) is 2.69. The second kappa shape index (κ2) is 10.2. The van der Waals surface area contributed by atoms with Crippen molar-refractivity contribution in [3.63, 3.8) is 0 Å². The lowest BCUT2D eigenvalue weighted by Gasteiger charge is -2.24. The Morgan fingerprint density at radius 2 is 1.79 bits per heavy atom. The molecule has 0 saturated heterocycles. The van der Waals surface area contributed by atoms with E-state index in [4.69, 9.17) is 11.1 Å². The zero-order valence-corrected chi connectivity index (χ0v) is 15.5. The molecule has 0 bridgehead atoms. The van der Waals surface area contributed by atoms with Gasteiger partial charge in [-0.2, -0.15) is 0 Å². The van der Waals surface area contributed by atoms with Crippen LogP contribution in [0.5, 0.6) is 0 Å². The smallest absolute Gasteiger partial charge is 0.277 e. The standard InChI is InChI=1S/C16H23N5O.2ClH/c1-3-20(4-2)9-10-21(16(17)18)15(22)14-11-12-7-5-6-8-13(12)19-14;;/h5-8,11,19H,3-4,9-10H2,1-2H3,(H3,17,18);2*1H. The Bertz CT molecular complexity index is 636. The predicted molar refractivity (Wildman–Crippen MR) is 104 cm³/mol. The van der Waals surface area contributed by atoms with Crippen LogP contribution in [0.3, 0.4) is 0 Å². The van der Waals surface area contributed by atoms with Crippen molar-refractivity contribution < 1.29 is 4.79 Å². The molecule has 0 aliphatic carbocycles. The highest BCUT2D eigenvalue weighted by molar-refractivity contribution is 6.05. The fraction of sp³-hybridized carbons (Fsp3) is 0.375. The molecule has 0 atom stereocenters. The van der Waals surface area contributed by atoms with Gasteiger partial charge in [-0.3, -0.25) is 15.1 Å². The highest BCUT2D eigenvalue weighted by Gasteiger charge is 2.20. The van der Waals surface area contributed by atoms with Crippen LogP contribution in [0.2, 0.25) is 0 Å². The van der Waals surface area contributed by atoms with Crippen LogP contribution in [-0.2, 0) is 0 Å². The van der Waals surface area contributed by atoms with Crippen molar-refractivity contribution in [2.45, 2.75) is 13.8 Å². The second-order valence-corrected chi connectivity index (χ2v) is 5.14. The van der Waals surface area contributed by atoms with Gasteiger partial charge in [0.2, 0.25) is 0 Å². The Hall–Kier alpha value is -1.76. The second-order valence-electron chi connectivity index (χ2n) is 5.14. The molecule has 1 amide bonds. The summed E-state index contributed by atoms with van der Waals surface area (Å²) in [6.45, 7) is 7.05. The lowest BCUT2D eigenvalue weighted by atomic mass is 10.2. The lowest BCUT2D eigenvalue weighted by Crippen LogP contribution is -2.45. The summed E-state index contributed by atoms with van der Waals surface area (Å²) in [5.41, 5.74) is 6.95. The van der Waals surface area contributed by atoms with Crippen LogP contribution in [0.1, 0.15) is 24.3 Å². The maximum atomic E-state index is 12.6. The summed E-state index contributed by atoms with van der Waals surface area (Å²) in [6.07, 6.45) is 0. The first kappa shape index (κ1) is 22.2. The number of aromatic nitrogens is 1. The maximum absolute atomic E-state index is 12.6. The van der Waals surface area contributed by atoms with E-state index in [1.807, 2.05) is 24.3 Å². The number of nitrogens with one attached hydrogen (secondary N) is 2. The molecule has 0 spiro atoms. The molecule has 0 aliphatic heterocycles. The Morgan fingerprint density at radius 3 is 2.33 bits per heavy atom. The Labute approximate surface area is 154 Å². The van der Waals surface area contributed by atoms with Gasteiger partial charge in [0.05, 0.1) is 0 Å². The molecule has 0 unspecified atom stereocenters. The zero-order chi connectivity index (χ0) is 16.1. The van der Waals surface area contributed by atoms with Crippen molar-refractivity contribution in [3.8, 4) is 0 Å². The van der Waals surface area contributed by atoms with E-state index >= 15 is 0 Å². The Morgan fingerprint density at radius 1 is 1.17 bits per heavy atom. The van der Waals surface area contributed by atoms with E-state index < -0.39 is 0 Å². The summed E-state index contributed by atoms with van der Waals surface area (Å²) in [5.74, 6) is -0.494. The number of nitrogens with zero attached hydrogens (tertiary/aromatic N) is 2. The largest absolute Gasteiger partial charge is 0.370 e. The molecule has 0 saturated carbocycles. The molecule has 8 heteroatoms. The molecule has 4 N–H and O–H groups in total. The zero-order valence-electron chi connectivity index (χ0n) is 13.9. The van der Waals surface area contributed by atoms with Gasteiger partial charge in [0.25, 0.3) is 5.91 Å². The number of hydrogen-bond acceptors (Lipinski definition) is 3. The minimum atomic E-state index is -0.268. The van der Waals surface area contributed by atoms with Gasteiger partial charge >= 0.3 is 0 Å². The molecule has 6 nitrogen and oxygen atoms in total. The van der Waals surface area contributed by atoms with Gasteiger partial charge in [-0.05, 0) is 25.2 Å². The van der Waals surface area contributed by atoms with Crippen LogP contribution in [0.15, 0.2) is 30.3 Å². The number of carbonyl (C=O) groups is 1. The maximum Gasteiger partial charge on any atom is 0.277 e. The molecule has 0 fully saturated rings. The van der Waals surface area contributed by atoms with Gasteiger partial charge in [-0.15, -0.1) is 24.8 Å². The Balaban J connectivity index is 0.00000264. The molecule has 24 heavy (non-hydrogen) atoms. The molecule has 0 aliphatic rings. The number of fused-ring (bicyclic) bond motifs is 1. The summed E-state index contributed by atoms with van der Waals surface area (Å²) in [4.78, 5) is 19.2. The summed E-state index contributed by atoms with van der Waals surface area (Å²) >= 11 is 0. The van der Waals surface area contributed by atoms with Gasteiger partial charge in [-0.25, -0.2) is 0 Å². The van der Waals surface area contributed by atoms with E-state index in [-0.39, 0.29) is 36.7 Å². The number of carbonyl (C=O) groups excluding carboxylic acids is 1. The number of benzene rings is 1. The third-order valence-corrected chi connectivity index (χ3v) is 3.83. The number of amides is 1. The topological polar surface area (TPSA) is 89.2 Å². The number of nitrogens with two attached hydrogens (primary N) is 1. The van der Waals surface area contributed by atoms with E-state index in [9.17, 15) is 4.79 Å². The minimum Gasteiger partial charge on any atom is -0.370 e. The third-order valence-electron chi connectivity index (χ3n) is 3.83. The fourth-order valence-electron chi connectivity index (χ4n) is 2.45. The van der Waals surface area contributed by atoms with Crippen LogP contribution < -0.4 is 5.73 Å². The van der Waals surface area contributed by atoms with Crippen LogP contribution in [0, 0.1) is 5.41 Å². The number of halogens is 2. The van der Waals surface area contributed by atoms with Crippen molar-refractivity contribution in [1.29, 1.82) is 5.41 Å². The first-order valence-electron chi connectivity index (χ1n) is 7.52. The van der Waals surface area contributed by atoms with Crippen LogP contribution in [-0.4, -0.2) is 52.8 Å². The first-order valence-corrected chi connectivity index (χ1v) is 7.52. The lowest BCUT2D eigenvalue weighted by molar-refractivity contribution is 0.0828. The van der Waals surface area contributed by atoms with Crippen molar-refractivity contribution in [2.75, 3.05) is 26.2 Å². The van der Waals surface area contributed by atoms with Gasteiger partial charge in [0.15, 0.2) is 5.96 Å². The highest BCUT2D eigenvalue weighted by atomic mass is 35.5. The summed E-state index contributed by atoms with van der Waals surface area (Å²) in [7, 11) is 0. The molecule has 2 rings (SSSR count). The van der Waals surface area contributed by atoms with Crippen molar-refractivity contribution >= 4 is 47.6 Å². The van der Waals surface area contributed by atoms with E-state index in [1.165, 1.54) is 4.90 Å². The SMILES string of the molecule is CCN(CC)CCN(C(=N)N)C(=O)c1cc2ccccc2[nH]1.Cl.Cl. The van der Waals surface area contributed by atoms with E-state index in [0.29, 0.717) is 18.8 Å². The number of rotatable bonds is 6. The van der Waals surface area contributed by atoms with Gasteiger partial charge in [0.1, 0.15) is 5.69 Å². The quantitative estimate of drug-likeness (QED) is 0.537. The first-order chi connectivity index (χ1) is 10.6. The van der Waals surface area contributed by atoms with Crippen LogP contribution >= 0.6 is 24.8 Å². The summed E-state index contributed by atoms with van der Waals surface area (Å²) in [5, 5.41) is 8.65. The summed E-state index contributed by atoms with van der Waals surface area (Å²) in [6, 6.07) is 9.49. The van der Waals surface area contributed by atoms with Crippen LogP contribution in [0.4, 0.5) is 0 Å². The number of hydrogen-bond donors (Lipinski definition) is 3. The van der Waals surface area contributed by atoms with Gasteiger partial charge < -0.3 is 15.6 Å². The number of guanidine groups is 1. The molecule has 2 aromatic rings. The number of likely N-dealkylation sites (N-methyl/N-ethyl adjacent to an activating group) is 1.